The highest BCUT2D eigenvalue weighted by Crippen LogP contribution is 2.27. The van der Waals surface area contributed by atoms with Crippen molar-refractivity contribution < 1.29 is 14.6 Å². The maximum absolute atomic E-state index is 11.3. The Morgan fingerprint density at radius 3 is 3.05 bits per heavy atom. The fourth-order valence-electron chi connectivity index (χ4n) is 2.91. The van der Waals surface area contributed by atoms with Crippen LogP contribution in [0.25, 0.3) is 0 Å². The lowest BCUT2D eigenvalue weighted by molar-refractivity contribution is -0.141. The van der Waals surface area contributed by atoms with E-state index in [9.17, 15) is 9.90 Å². The third kappa shape index (κ3) is 2.63. The van der Waals surface area contributed by atoms with Crippen LogP contribution in [0.5, 0.6) is 5.75 Å². The normalized spacial score (nSPS) is 17.3. The Kier molecular flexibility index (Phi) is 3.64. The molecule has 0 amide bonds. The molecule has 2 heterocycles. The molecule has 0 spiro atoms. The van der Waals surface area contributed by atoms with Gasteiger partial charge in [-0.15, -0.1) is 0 Å². The molecular formula is C16H18N2O3. The SMILES string of the molecule is COc1ccccc1Cc1cn2c(n1)CCCC2C(=O)O. The van der Waals surface area contributed by atoms with Crippen molar-refractivity contribution in [2.75, 3.05) is 7.11 Å². The summed E-state index contributed by atoms with van der Waals surface area (Å²) in [6.07, 6.45) is 4.92. The molecule has 2 aromatic rings. The minimum atomic E-state index is -0.780. The molecule has 1 N–H and O–H groups in total. The molecule has 1 aliphatic heterocycles. The standard InChI is InChI=1S/C16H18N2O3/c1-21-14-7-3-2-5-11(14)9-12-10-18-13(16(19)20)6-4-8-15(18)17-12/h2-3,5,7,10,13H,4,6,8-9H2,1H3,(H,19,20). The van der Waals surface area contributed by atoms with E-state index in [1.807, 2.05) is 35.0 Å². The van der Waals surface area contributed by atoms with Gasteiger partial charge in [-0.1, -0.05) is 18.2 Å². The van der Waals surface area contributed by atoms with Crippen molar-refractivity contribution in [3.05, 3.63) is 47.5 Å². The zero-order valence-corrected chi connectivity index (χ0v) is 12.0. The first kappa shape index (κ1) is 13.7. The number of aryl methyl sites for hydroxylation is 1. The molecule has 1 aromatic heterocycles. The van der Waals surface area contributed by atoms with E-state index < -0.39 is 12.0 Å². The Labute approximate surface area is 123 Å². The highest BCUT2D eigenvalue weighted by Gasteiger charge is 2.26. The molecule has 0 radical (unpaired) electrons. The van der Waals surface area contributed by atoms with Crippen LogP contribution >= 0.6 is 0 Å². The summed E-state index contributed by atoms with van der Waals surface area (Å²) in [7, 11) is 1.65. The lowest BCUT2D eigenvalue weighted by Gasteiger charge is -2.20. The van der Waals surface area contributed by atoms with E-state index in [2.05, 4.69) is 4.98 Å². The third-order valence-electron chi connectivity index (χ3n) is 3.92. The molecule has 1 aliphatic rings. The number of nitrogens with zero attached hydrogens (tertiary/aromatic N) is 2. The van der Waals surface area contributed by atoms with Gasteiger partial charge in [0.2, 0.25) is 0 Å². The number of methoxy groups -OCH3 is 1. The van der Waals surface area contributed by atoms with E-state index in [1.54, 1.807) is 7.11 Å². The van der Waals surface area contributed by atoms with E-state index in [4.69, 9.17) is 4.74 Å². The van der Waals surface area contributed by atoms with Gasteiger partial charge in [0.25, 0.3) is 0 Å². The Balaban J connectivity index is 1.89. The van der Waals surface area contributed by atoms with Crippen LogP contribution in [0.1, 0.15) is 36.0 Å². The van der Waals surface area contributed by atoms with Crippen molar-refractivity contribution in [2.45, 2.75) is 31.7 Å². The minimum Gasteiger partial charge on any atom is -0.496 e. The maximum Gasteiger partial charge on any atom is 0.326 e. The quantitative estimate of drug-likeness (QED) is 0.937. The number of hydrogen-bond acceptors (Lipinski definition) is 3. The monoisotopic (exact) mass is 286 g/mol. The lowest BCUT2D eigenvalue weighted by Crippen LogP contribution is -2.24. The highest BCUT2D eigenvalue weighted by molar-refractivity contribution is 5.72. The molecule has 1 unspecified atom stereocenters. The number of aliphatic carboxylic acids is 1. The fraction of sp³-hybridized carbons (Fsp3) is 0.375. The van der Waals surface area contributed by atoms with E-state index in [0.29, 0.717) is 12.8 Å². The molecule has 0 bridgehead atoms. The molecule has 21 heavy (non-hydrogen) atoms. The van der Waals surface area contributed by atoms with Gasteiger partial charge in [-0.05, 0) is 18.9 Å². The minimum absolute atomic E-state index is 0.479. The van der Waals surface area contributed by atoms with Gasteiger partial charge in [0.1, 0.15) is 17.6 Å². The Hall–Kier alpha value is -2.30. The molecule has 1 atom stereocenters. The number of imidazole rings is 1. The summed E-state index contributed by atoms with van der Waals surface area (Å²) in [4.78, 5) is 15.9. The van der Waals surface area contributed by atoms with Gasteiger partial charge in [0.15, 0.2) is 0 Å². The maximum atomic E-state index is 11.3. The fourth-order valence-corrected chi connectivity index (χ4v) is 2.91. The van der Waals surface area contributed by atoms with Gasteiger partial charge >= 0.3 is 5.97 Å². The molecule has 110 valence electrons. The number of aromatic nitrogens is 2. The van der Waals surface area contributed by atoms with Crippen LogP contribution in [0.2, 0.25) is 0 Å². The van der Waals surface area contributed by atoms with E-state index in [0.717, 1.165) is 35.7 Å². The smallest absolute Gasteiger partial charge is 0.326 e. The zero-order chi connectivity index (χ0) is 14.8. The number of rotatable bonds is 4. The summed E-state index contributed by atoms with van der Waals surface area (Å²) in [5.41, 5.74) is 1.95. The number of ether oxygens (including phenoxy) is 1. The molecular weight excluding hydrogens is 268 g/mol. The zero-order valence-electron chi connectivity index (χ0n) is 12.0. The van der Waals surface area contributed by atoms with E-state index in [-0.39, 0.29) is 0 Å². The van der Waals surface area contributed by atoms with Gasteiger partial charge in [-0.2, -0.15) is 0 Å². The summed E-state index contributed by atoms with van der Waals surface area (Å²) in [6.45, 7) is 0. The number of carbonyl (C=O) groups is 1. The van der Waals surface area contributed by atoms with Gasteiger partial charge in [0, 0.05) is 24.6 Å². The van der Waals surface area contributed by atoms with E-state index >= 15 is 0 Å². The number of carboxylic acid groups (broad SMARTS) is 1. The Bertz CT molecular complexity index is 663. The topological polar surface area (TPSA) is 64.4 Å². The number of para-hydroxylation sites is 1. The van der Waals surface area contributed by atoms with Crippen LogP contribution in [-0.4, -0.2) is 27.7 Å². The molecule has 1 aromatic carbocycles. The highest BCUT2D eigenvalue weighted by atomic mass is 16.5. The van der Waals surface area contributed by atoms with Crippen LogP contribution in [0.15, 0.2) is 30.5 Å². The summed E-state index contributed by atoms with van der Waals surface area (Å²) in [6, 6.07) is 7.35. The van der Waals surface area contributed by atoms with Crippen LogP contribution in [0.4, 0.5) is 0 Å². The van der Waals surface area contributed by atoms with Gasteiger partial charge in [-0.25, -0.2) is 9.78 Å². The Morgan fingerprint density at radius 2 is 2.29 bits per heavy atom. The second-order valence-corrected chi connectivity index (χ2v) is 5.29. The number of fused-ring (bicyclic) bond motifs is 1. The van der Waals surface area contributed by atoms with Crippen LogP contribution in [0, 0.1) is 0 Å². The Morgan fingerprint density at radius 1 is 1.48 bits per heavy atom. The van der Waals surface area contributed by atoms with E-state index in [1.165, 1.54) is 0 Å². The third-order valence-corrected chi connectivity index (χ3v) is 3.92. The largest absolute Gasteiger partial charge is 0.496 e. The predicted octanol–water partition coefficient (Wildman–Crippen LogP) is 2.44. The first-order valence-electron chi connectivity index (χ1n) is 7.10. The summed E-state index contributed by atoms with van der Waals surface area (Å²) in [5, 5.41) is 9.30. The molecule has 0 aliphatic carbocycles. The van der Waals surface area contributed by atoms with Crippen molar-refractivity contribution in [3.8, 4) is 5.75 Å². The van der Waals surface area contributed by atoms with Gasteiger partial charge < -0.3 is 14.4 Å². The summed E-state index contributed by atoms with van der Waals surface area (Å²) < 4.78 is 7.17. The van der Waals surface area contributed by atoms with Crippen molar-refractivity contribution >= 4 is 5.97 Å². The molecule has 5 nitrogen and oxygen atoms in total. The number of carboxylic acids is 1. The number of hydrogen-bond donors (Lipinski definition) is 1. The first-order chi connectivity index (χ1) is 10.2. The van der Waals surface area contributed by atoms with Crippen molar-refractivity contribution in [3.63, 3.8) is 0 Å². The second-order valence-electron chi connectivity index (χ2n) is 5.29. The van der Waals surface area contributed by atoms with Crippen LogP contribution < -0.4 is 4.74 Å². The lowest BCUT2D eigenvalue weighted by atomic mass is 10.1. The predicted molar refractivity (Wildman–Crippen MR) is 77.6 cm³/mol. The average molecular weight is 286 g/mol. The van der Waals surface area contributed by atoms with Crippen LogP contribution in [-0.2, 0) is 17.6 Å². The molecule has 3 rings (SSSR count). The number of benzene rings is 1. The molecule has 0 fully saturated rings. The van der Waals surface area contributed by atoms with Crippen molar-refractivity contribution in [2.24, 2.45) is 0 Å². The second kappa shape index (κ2) is 5.60. The molecule has 5 heteroatoms. The molecule has 0 saturated carbocycles. The van der Waals surface area contributed by atoms with Crippen LogP contribution in [0.3, 0.4) is 0 Å². The first-order valence-corrected chi connectivity index (χ1v) is 7.10. The summed E-state index contributed by atoms with van der Waals surface area (Å²) in [5.74, 6) is 0.925. The van der Waals surface area contributed by atoms with Crippen molar-refractivity contribution in [1.82, 2.24) is 9.55 Å². The average Bonchev–Trinajstić information content (AvgIpc) is 2.89. The van der Waals surface area contributed by atoms with Gasteiger partial charge in [-0.3, -0.25) is 0 Å². The summed E-state index contributed by atoms with van der Waals surface area (Å²) >= 11 is 0. The molecule has 0 saturated heterocycles. The van der Waals surface area contributed by atoms with Gasteiger partial charge in [0.05, 0.1) is 12.8 Å². The van der Waals surface area contributed by atoms with Crippen molar-refractivity contribution in [1.29, 1.82) is 0 Å².